The molecule has 0 aromatic carbocycles. The summed E-state index contributed by atoms with van der Waals surface area (Å²) < 4.78 is 10.3. The van der Waals surface area contributed by atoms with Gasteiger partial charge in [0.05, 0.1) is 6.26 Å². The molecule has 2 aromatic rings. The van der Waals surface area contributed by atoms with Crippen molar-refractivity contribution >= 4 is 11.9 Å². The van der Waals surface area contributed by atoms with Crippen LogP contribution in [-0.4, -0.2) is 27.0 Å². The van der Waals surface area contributed by atoms with Crippen LogP contribution in [-0.2, 0) is 23.3 Å². The number of hydrogen-bond acceptors (Lipinski definition) is 6. The van der Waals surface area contributed by atoms with Crippen LogP contribution in [0.2, 0.25) is 0 Å². The third-order valence-electron chi connectivity index (χ3n) is 3.41. The molecule has 1 saturated heterocycles. The predicted octanol–water partition coefficient (Wildman–Crippen LogP) is 1.19. The zero-order valence-corrected chi connectivity index (χ0v) is 11.6. The van der Waals surface area contributed by atoms with Crippen LogP contribution >= 0.6 is 0 Å². The van der Waals surface area contributed by atoms with E-state index in [1.807, 2.05) is 6.92 Å². The Bertz CT molecular complexity index is 678. The van der Waals surface area contributed by atoms with Gasteiger partial charge in [-0.15, -0.1) is 0 Å². The number of imide groups is 1. The molecule has 2 aromatic heterocycles. The van der Waals surface area contributed by atoms with Gasteiger partial charge >= 0.3 is 6.03 Å². The number of urea groups is 1. The molecule has 110 valence electrons. The third kappa shape index (κ3) is 2.08. The number of nitrogens with zero attached hydrogens (tertiary/aromatic N) is 3. The van der Waals surface area contributed by atoms with E-state index in [-0.39, 0.29) is 12.4 Å². The molecule has 0 radical (unpaired) electrons. The first-order valence-electron chi connectivity index (χ1n) is 6.54. The van der Waals surface area contributed by atoms with Crippen LogP contribution in [0.4, 0.5) is 4.79 Å². The van der Waals surface area contributed by atoms with E-state index in [2.05, 4.69) is 15.5 Å². The smallest absolute Gasteiger partial charge is 0.325 e. The fraction of sp³-hybridized carbons (Fsp3) is 0.385. The number of hydrogen-bond donors (Lipinski definition) is 1. The molecule has 3 rings (SSSR count). The summed E-state index contributed by atoms with van der Waals surface area (Å²) in [5.74, 6) is 0.715. The average Bonchev–Trinajstić information content (AvgIpc) is 3.17. The van der Waals surface area contributed by atoms with E-state index in [4.69, 9.17) is 8.94 Å². The standard InChI is InChI=1S/C13H14N4O4/c1-3-9-14-10(21-16-9)7-17-11(18)13(2,15-12(17)19)8-5-4-6-20-8/h4-6H,3,7H2,1-2H3,(H,15,19). The minimum absolute atomic E-state index is 0.0615. The Labute approximate surface area is 120 Å². The number of carbonyl (C=O) groups is 2. The largest absolute Gasteiger partial charge is 0.466 e. The maximum atomic E-state index is 12.5. The molecule has 0 saturated carbocycles. The van der Waals surface area contributed by atoms with Crippen molar-refractivity contribution in [3.63, 3.8) is 0 Å². The first kappa shape index (κ1) is 13.3. The van der Waals surface area contributed by atoms with Gasteiger partial charge in [0, 0.05) is 6.42 Å². The summed E-state index contributed by atoms with van der Waals surface area (Å²) in [7, 11) is 0. The minimum atomic E-state index is -1.21. The number of rotatable bonds is 4. The van der Waals surface area contributed by atoms with Crippen molar-refractivity contribution in [2.24, 2.45) is 0 Å². The Morgan fingerprint density at radius 1 is 1.43 bits per heavy atom. The summed E-state index contributed by atoms with van der Waals surface area (Å²) >= 11 is 0. The molecule has 3 amide bonds. The highest BCUT2D eigenvalue weighted by atomic mass is 16.5. The molecule has 0 aliphatic carbocycles. The molecule has 21 heavy (non-hydrogen) atoms. The van der Waals surface area contributed by atoms with Gasteiger partial charge in [-0.25, -0.2) is 4.79 Å². The Morgan fingerprint density at radius 2 is 2.24 bits per heavy atom. The van der Waals surface area contributed by atoms with Crippen molar-refractivity contribution in [2.45, 2.75) is 32.4 Å². The van der Waals surface area contributed by atoms with E-state index < -0.39 is 17.5 Å². The van der Waals surface area contributed by atoms with Gasteiger partial charge in [-0.1, -0.05) is 12.1 Å². The van der Waals surface area contributed by atoms with E-state index >= 15 is 0 Å². The van der Waals surface area contributed by atoms with E-state index in [1.165, 1.54) is 6.26 Å². The van der Waals surface area contributed by atoms with E-state index in [9.17, 15) is 9.59 Å². The lowest BCUT2D eigenvalue weighted by Gasteiger charge is -2.18. The number of furan rings is 1. The van der Waals surface area contributed by atoms with Crippen molar-refractivity contribution in [1.82, 2.24) is 20.4 Å². The van der Waals surface area contributed by atoms with Crippen LogP contribution in [0.15, 0.2) is 27.3 Å². The molecular weight excluding hydrogens is 276 g/mol. The summed E-state index contributed by atoms with van der Waals surface area (Å²) in [4.78, 5) is 29.7. The lowest BCUT2D eigenvalue weighted by molar-refractivity contribution is -0.132. The maximum absolute atomic E-state index is 12.5. The summed E-state index contributed by atoms with van der Waals surface area (Å²) in [6.45, 7) is 3.42. The molecule has 8 heteroatoms. The minimum Gasteiger partial charge on any atom is -0.466 e. The van der Waals surface area contributed by atoms with Crippen LogP contribution in [0.3, 0.4) is 0 Å². The Hall–Kier alpha value is -2.64. The van der Waals surface area contributed by atoms with Crippen LogP contribution in [0.25, 0.3) is 0 Å². The summed E-state index contributed by atoms with van der Waals surface area (Å²) in [6, 6.07) is 2.78. The van der Waals surface area contributed by atoms with Crippen molar-refractivity contribution < 1.29 is 18.5 Å². The molecule has 0 bridgehead atoms. The molecule has 1 aliphatic rings. The number of nitrogens with one attached hydrogen (secondary N) is 1. The van der Waals surface area contributed by atoms with Crippen LogP contribution in [0.1, 0.15) is 31.3 Å². The normalized spacial score (nSPS) is 21.9. The van der Waals surface area contributed by atoms with E-state index in [0.717, 1.165) is 4.90 Å². The summed E-state index contributed by atoms with van der Waals surface area (Å²) in [5, 5.41) is 6.37. The fourth-order valence-electron chi connectivity index (χ4n) is 2.20. The Morgan fingerprint density at radius 3 is 2.86 bits per heavy atom. The van der Waals surface area contributed by atoms with Crippen LogP contribution < -0.4 is 5.32 Å². The highest BCUT2D eigenvalue weighted by Gasteiger charge is 2.51. The van der Waals surface area contributed by atoms with Gasteiger partial charge in [0.1, 0.15) is 12.3 Å². The second kappa shape index (κ2) is 4.72. The van der Waals surface area contributed by atoms with Gasteiger partial charge in [0.25, 0.3) is 5.91 Å². The first-order chi connectivity index (χ1) is 10.0. The summed E-state index contributed by atoms with van der Waals surface area (Å²) in [5.41, 5.74) is -1.21. The SMILES string of the molecule is CCc1noc(CN2C(=O)NC(C)(c3ccco3)C2=O)n1. The second-order valence-corrected chi connectivity index (χ2v) is 4.88. The van der Waals surface area contributed by atoms with Gasteiger partial charge < -0.3 is 14.3 Å². The number of aromatic nitrogens is 2. The monoisotopic (exact) mass is 290 g/mol. The van der Waals surface area contributed by atoms with Crippen molar-refractivity contribution in [1.29, 1.82) is 0 Å². The van der Waals surface area contributed by atoms with Crippen LogP contribution in [0, 0.1) is 0 Å². The average molecular weight is 290 g/mol. The van der Waals surface area contributed by atoms with E-state index in [1.54, 1.807) is 19.1 Å². The molecule has 0 spiro atoms. The zero-order chi connectivity index (χ0) is 15.0. The number of amides is 3. The first-order valence-corrected chi connectivity index (χ1v) is 6.54. The molecule has 8 nitrogen and oxygen atoms in total. The molecule has 1 atom stereocenters. The quantitative estimate of drug-likeness (QED) is 0.849. The highest BCUT2D eigenvalue weighted by molar-refractivity contribution is 6.06. The third-order valence-corrected chi connectivity index (χ3v) is 3.41. The summed E-state index contributed by atoms with van der Waals surface area (Å²) in [6.07, 6.45) is 2.07. The fourth-order valence-corrected chi connectivity index (χ4v) is 2.20. The highest BCUT2D eigenvalue weighted by Crippen LogP contribution is 2.29. The Kier molecular flexibility index (Phi) is 3.00. The lowest BCUT2D eigenvalue weighted by Crippen LogP contribution is -2.40. The Balaban J connectivity index is 1.84. The maximum Gasteiger partial charge on any atom is 0.325 e. The van der Waals surface area contributed by atoms with Gasteiger partial charge in [0.15, 0.2) is 11.4 Å². The number of aryl methyl sites for hydroxylation is 1. The van der Waals surface area contributed by atoms with Crippen molar-refractivity contribution in [3.8, 4) is 0 Å². The van der Waals surface area contributed by atoms with Crippen molar-refractivity contribution in [3.05, 3.63) is 35.9 Å². The molecule has 1 fully saturated rings. The lowest BCUT2D eigenvalue weighted by atomic mass is 9.99. The molecule has 1 N–H and O–H groups in total. The number of carbonyl (C=O) groups excluding carboxylic acids is 2. The van der Waals surface area contributed by atoms with Gasteiger partial charge in [-0.2, -0.15) is 4.98 Å². The predicted molar refractivity (Wildman–Crippen MR) is 68.8 cm³/mol. The molecular formula is C13H14N4O4. The van der Waals surface area contributed by atoms with Gasteiger partial charge in [-0.3, -0.25) is 9.69 Å². The van der Waals surface area contributed by atoms with Gasteiger partial charge in [-0.05, 0) is 19.1 Å². The molecule has 1 aliphatic heterocycles. The topological polar surface area (TPSA) is 101 Å². The van der Waals surface area contributed by atoms with Gasteiger partial charge in [0.2, 0.25) is 5.89 Å². The van der Waals surface area contributed by atoms with Crippen LogP contribution in [0.5, 0.6) is 0 Å². The van der Waals surface area contributed by atoms with E-state index in [0.29, 0.717) is 18.0 Å². The van der Waals surface area contributed by atoms with Crippen molar-refractivity contribution in [2.75, 3.05) is 0 Å². The zero-order valence-electron chi connectivity index (χ0n) is 11.6. The second-order valence-electron chi connectivity index (χ2n) is 4.88. The molecule has 3 heterocycles. The molecule has 1 unspecified atom stereocenters.